The number of nitrogens with zero attached hydrogens (tertiary/aromatic N) is 1. The number of rotatable bonds is 3. The van der Waals surface area contributed by atoms with Crippen LogP contribution in [-0.4, -0.2) is 18.9 Å². The summed E-state index contributed by atoms with van der Waals surface area (Å²) in [7, 11) is 0. The van der Waals surface area contributed by atoms with Crippen molar-refractivity contribution >= 4 is 5.84 Å². The van der Waals surface area contributed by atoms with Crippen molar-refractivity contribution in [1.82, 2.24) is 5.32 Å². The number of hydrogen-bond acceptors (Lipinski definition) is 2. The van der Waals surface area contributed by atoms with E-state index in [0.29, 0.717) is 11.8 Å². The summed E-state index contributed by atoms with van der Waals surface area (Å²) in [5, 5.41) is 3.39. The highest BCUT2D eigenvalue weighted by molar-refractivity contribution is 5.90. The van der Waals surface area contributed by atoms with Crippen LogP contribution in [0.3, 0.4) is 0 Å². The average Bonchev–Trinajstić information content (AvgIpc) is 2.72. The van der Waals surface area contributed by atoms with Crippen LogP contribution < -0.4 is 5.32 Å². The van der Waals surface area contributed by atoms with Gasteiger partial charge in [-0.1, -0.05) is 44.2 Å². The van der Waals surface area contributed by atoms with Gasteiger partial charge in [0.1, 0.15) is 5.84 Å². The van der Waals surface area contributed by atoms with E-state index < -0.39 is 0 Å². The minimum atomic E-state index is 0.425. The van der Waals surface area contributed by atoms with Crippen LogP contribution in [0.15, 0.2) is 35.3 Å². The van der Waals surface area contributed by atoms with Crippen LogP contribution in [0.5, 0.6) is 0 Å². The van der Waals surface area contributed by atoms with E-state index in [1.165, 1.54) is 5.56 Å². The molecule has 15 heavy (non-hydrogen) atoms. The van der Waals surface area contributed by atoms with Crippen LogP contribution in [0.2, 0.25) is 0 Å². The van der Waals surface area contributed by atoms with Crippen molar-refractivity contribution in [2.75, 3.05) is 13.1 Å². The summed E-state index contributed by atoms with van der Waals surface area (Å²) in [5.41, 5.74) is 1.36. The van der Waals surface area contributed by atoms with E-state index in [1.807, 2.05) is 0 Å². The molecule has 0 amide bonds. The third-order valence-corrected chi connectivity index (χ3v) is 2.82. The Labute approximate surface area is 91.4 Å². The van der Waals surface area contributed by atoms with Gasteiger partial charge in [0.25, 0.3) is 0 Å². The molecule has 1 aromatic rings. The lowest BCUT2D eigenvalue weighted by Gasteiger charge is -2.21. The van der Waals surface area contributed by atoms with Crippen molar-refractivity contribution in [3.8, 4) is 0 Å². The average molecular weight is 202 g/mol. The molecule has 80 valence electrons. The second kappa shape index (κ2) is 4.47. The van der Waals surface area contributed by atoms with Crippen LogP contribution >= 0.6 is 0 Å². The molecule has 1 aromatic carbocycles. The number of nitrogens with one attached hydrogen (secondary N) is 1. The van der Waals surface area contributed by atoms with Gasteiger partial charge in [-0.25, -0.2) is 0 Å². The lowest BCUT2D eigenvalue weighted by Crippen LogP contribution is -2.28. The molecule has 0 aromatic heterocycles. The first-order chi connectivity index (χ1) is 7.29. The highest BCUT2D eigenvalue weighted by Crippen LogP contribution is 2.25. The molecule has 2 nitrogen and oxygen atoms in total. The van der Waals surface area contributed by atoms with Crippen molar-refractivity contribution in [2.45, 2.75) is 19.8 Å². The summed E-state index contributed by atoms with van der Waals surface area (Å²) in [4.78, 5) is 4.54. The molecule has 0 radical (unpaired) electrons. The molecular weight excluding hydrogens is 184 g/mol. The first kappa shape index (κ1) is 10.2. The van der Waals surface area contributed by atoms with E-state index in [4.69, 9.17) is 0 Å². The van der Waals surface area contributed by atoms with Gasteiger partial charge in [0.2, 0.25) is 0 Å². The van der Waals surface area contributed by atoms with Crippen LogP contribution in [0.25, 0.3) is 0 Å². The zero-order chi connectivity index (χ0) is 10.7. The standard InChI is InChI=1S/C13H18N2/c1-10(2)12(13-14-8-9-15-13)11-6-4-3-5-7-11/h3-7,10,12H,8-9H2,1-2H3,(H,14,15)/t12-/m1/s1. The Bertz CT molecular complexity index is 341. The van der Waals surface area contributed by atoms with Gasteiger partial charge in [-0.05, 0) is 11.5 Å². The van der Waals surface area contributed by atoms with Crippen molar-refractivity contribution < 1.29 is 0 Å². The maximum atomic E-state index is 4.54. The summed E-state index contributed by atoms with van der Waals surface area (Å²) in [5.74, 6) is 2.17. The van der Waals surface area contributed by atoms with E-state index in [-0.39, 0.29) is 0 Å². The molecule has 2 heteroatoms. The molecule has 0 saturated carbocycles. The molecule has 0 saturated heterocycles. The lowest BCUT2D eigenvalue weighted by molar-refractivity contribution is 0.594. The Morgan fingerprint density at radius 1 is 1.20 bits per heavy atom. The highest BCUT2D eigenvalue weighted by Gasteiger charge is 2.23. The predicted molar refractivity (Wildman–Crippen MR) is 64.3 cm³/mol. The molecule has 1 N–H and O–H groups in total. The van der Waals surface area contributed by atoms with Gasteiger partial charge >= 0.3 is 0 Å². The van der Waals surface area contributed by atoms with Crippen LogP contribution in [-0.2, 0) is 0 Å². The first-order valence-corrected chi connectivity index (χ1v) is 5.62. The smallest absolute Gasteiger partial charge is 0.104 e. The molecule has 0 unspecified atom stereocenters. The highest BCUT2D eigenvalue weighted by atomic mass is 15.1. The molecule has 1 heterocycles. The maximum absolute atomic E-state index is 4.54. The fourth-order valence-corrected chi connectivity index (χ4v) is 2.14. The SMILES string of the molecule is CC(C)[C@@H](C1=NCCN1)c1ccccc1. The van der Waals surface area contributed by atoms with E-state index in [1.54, 1.807) is 0 Å². The van der Waals surface area contributed by atoms with Crippen LogP contribution in [0.1, 0.15) is 25.3 Å². The second-order valence-electron chi connectivity index (χ2n) is 4.33. The fourth-order valence-electron chi connectivity index (χ4n) is 2.14. The molecular formula is C13H18N2. The van der Waals surface area contributed by atoms with Crippen molar-refractivity contribution in [1.29, 1.82) is 0 Å². The minimum absolute atomic E-state index is 0.425. The maximum Gasteiger partial charge on any atom is 0.104 e. The number of aliphatic imine (C=N–C) groups is 1. The number of benzene rings is 1. The monoisotopic (exact) mass is 202 g/mol. The number of amidine groups is 1. The molecule has 1 aliphatic rings. The lowest BCUT2D eigenvalue weighted by atomic mass is 9.87. The van der Waals surface area contributed by atoms with Gasteiger partial charge in [-0.3, -0.25) is 4.99 Å². The Kier molecular flexibility index (Phi) is 3.05. The second-order valence-corrected chi connectivity index (χ2v) is 4.33. The molecule has 0 fully saturated rings. The van der Waals surface area contributed by atoms with E-state index >= 15 is 0 Å². The summed E-state index contributed by atoms with van der Waals surface area (Å²) in [6, 6.07) is 10.6. The first-order valence-electron chi connectivity index (χ1n) is 5.62. The molecule has 1 atom stereocenters. The molecule has 2 rings (SSSR count). The third-order valence-electron chi connectivity index (χ3n) is 2.82. The normalized spacial score (nSPS) is 17.4. The molecule has 0 spiro atoms. The van der Waals surface area contributed by atoms with Gasteiger partial charge in [0.15, 0.2) is 0 Å². The minimum Gasteiger partial charge on any atom is -0.371 e. The third kappa shape index (κ3) is 2.20. The zero-order valence-corrected chi connectivity index (χ0v) is 9.40. The molecule has 0 bridgehead atoms. The summed E-state index contributed by atoms with van der Waals surface area (Å²) < 4.78 is 0. The zero-order valence-electron chi connectivity index (χ0n) is 9.40. The summed E-state index contributed by atoms with van der Waals surface area (Å²) in [6.45, 7) is 6.41. The Hall–Kier alpha value is -1.31. The topological polar surface area (TPSA) is 24.4 Å². The van der Waals surface area contributed by atoms with Gasteiger partial charge < -0.3 is 5.32 Å². The van der Waals surface area contributed by atoms with E-state index in [2.05, 4.69) is 54.5 Å². The van der Waals surface area contributed by atoms with Crippen molar-refractivity contribution in [3.05, 3.63) is 35.9 Å². The quantitative estimate of drug-likeness (QED) is 0.800. The van der Waals surface area contributed by atoms with Crippen molar-refractivity contribution in [2.24, 2.45) is 10.9 Å². The van der Waals surface area contributed by atoms with Crippen LogP contribution in [0.4, 0.5) is 0 Å². The van der Waals surface area contributed by atoms with Gasteiger partial charge in [-0.2, -0.15) is 0 Å². The van der Waals surface area contributed by atoms with Gasteiger partial charge in [0, 0.05) is 12.5 Å². The molecule has 1 aliphatic heterocycles. The summed E-state index contributed by atoms with van der Waals surface area (Å²) >= 11 is 0. The van der Waals surface area contributed by atoms with Gasteiger partial charge in [-0.15, -0.1) is 0 Å². The van der Waals surface area contributed by atoms with E-state index in [9.17, 15) is 0 Å². The van der Waals surface area contributed by atoms with Gasteiger partial charge in [0.05, 0.1) is 6.54 Å². The van der Waals surface area contributed by atoms with Crippen molar-refractivity contribution in [3.63, 3.8) is 0 Å². The Morgan fingerprint density at radius 3 is 2.47 bits per heavy atom. The molecule has 0 aliphatic carbocycles. The fraction of sp³-hybridized carbons (Fsp3) is 0.462. The Balaban J connectivity index is 2.28. The number of hydrogen-bond donors (Lipinski definition) is 1. The van der Waals surface area contributed by atoms with E-state index in [0.717, 1.165) is 18.9 Å². The largest absolute Gasteiger partial charge is 0.371 e. The Morgan fingerprint density at radius 2 is 1.93 bits per heavy atom. The summed E-state index contributed by atoms with van der Waals surface area (Å²) in [6.07, 6.45) is 0. The predicted octanol–water partition coefficient (Wildman–Crippen LogP) is 2.43. The van der Waals surface area contributed by atoms with Crippen LogP contribution in [0, 0.1) is 5.92 Å².